The molecule has 2 unspecified atom stereocenters. The predicted octanol–water partition coefficient (Wildman–Crippen LogP) is 2.65. The quantitative estimate of drug-likeness (QED) is 0.782. The predicted molar refractivity (Wildman–Crippen MR) is 63.0 cm³/mol. The van der Waals surface area contributed by atoms with Crippen LogP contribution in [0.4, 0.5) is 13.2 Å². The second-order valence-electron chi connectivity index (χ2n) is 5.09. The molecule has 1 saturated heterocycles. The van der Waals surface area contributed by atoms with E-state index in [-0.39, 0.29) is 6.04 Å². The molecule has 1 aliphatic heterocycles. The van der Waals surface area contributed by atoms with Crippen molar-refractivity contribution in [3.63, 3.8) is 0 Å². The molecule has 1 fully saturated rings. The van der Waals surface area contributed by atoms with Gasteiger partial charge in [-0.1, -0.05) is 6.92 Å². The molecule has 102 valence electrons. The molecule has 0 aromatic carbocycles. The van der Waals surface area contributed by atoms with Crippen LogP contribution in [0.25, 0.3) is 0 Å². The summed E-state index contributed by atoms with van der Waals surface area (Å²) in [7, 11) is 0. The highest BCUT2D eigenvalue weighted by atomic mass is 19.4. The lowest BCUT2D eigenvalue weighted by molar-refractivity contribution is -0.126. The Kier molecular flexibility index (Phi) is 5.73. The number of nitrogens with one attached hydrogen (secondary N) is 1. The van der Waals surface area contributed by atoms with Gasteiger partial charge in [-0.25, -0.2) is 0 Å². The van der Waals surface area contributed by atoms with Gasteiger partial charge >= 0.3 is 6.18 Å². The SMILES string of the molecule is CCCN1CCC(CC(C)NCC(F)(F)F)C1. The first kappa shape index (κ1) is 14.8. The van der Waals surface area contributed by atoms with Crippen LogP contribution in [-0.2, 0) is 0 Å². The molecule has 0 radical (unpaired) electrons. The van der Waals surface area contributed by atoms with Crippen molar-refractivity contribution >= 4 is 0 Å². The van der Waals surface area contributed by atoms with Gasteiger partial charge in [0.15, 0.2) is 0 Å². The van der Waals surface area contributed by atoms with Gasteiger partial charge < -0.3 is 10.2 Å². The zero-order valence-corrected chi connectivity index (χ0v) is 10.7. The van der Waals surface area contributed by atoms with E-state index < -0.39 is 12.7 Å². The largest absolute Gasteiger partial charge is 0.401 e. The summed E-state index contributed by atoms with van der Waals surface area (Å²) >= 11 is 0. The fourth-order valence-electron chi connectivity index (χ4n) is 2.50. The highest BCUT2D eigenvalue weighted by Gasteiger charge is 2.28. The van der Waals surface area contributed by atoms with Crippen molar-refractivity contribution in [2.45, 2.75) is 45.3 Å². The number of rotatable bonds is 6. The molecule has 1 aliphatic rings. The maximum absolute atomic E-state index is 12.0. The van der Waals surface area contributed by atoms with E-state index in [1.54, 1.807) is 0 Å². The van der Waals surface area contributed by atoms with Gasteiger partial charge in [-0.05, 0) is 45.2 Å². The molecule has 1 rings (SSSR count). The molecule has 1 N–H and O–H groups in total. The van der Waals surface area contributed by atoms with E-state index in [4.69, 9.17) is 0 Å². The molecular weight excluding hydrogens is 229 g/mol. The number of alkyl halides is 3. The minimum Gasteiger partial charge on any atom is -0.306 e. The maximum atomic E-state index is 12.0. The highest BCUT2D eigenvalue weighted by Crippen LogP contribution is 2.21. The average molecular weight is 252 g/mol. The van der Waals surface area contributed by atoms with Crippen molar-refractivity contribution in [2.24, 2.45) is 5.92 Å². The fourth-order valence-corrected chi connectivity index (χ4v) is 2.50. The monoisotopic (exact) mass is 252 g/mol. The van der Waals surface area contributed by atoms with Gasteiger partial charge in [-0.3, -0.25) is 0 Å². The van der Waals surface area contributed by atoms with Gasteiger partial charge in [0.25, 0.3) is 0 Å². The van der Waals surface area contributed by atoms with Crippen LogP contribution in [-0.4, -0.2) is 43.3 Å². The van der Waals surface area contributed by atoms with Crippen molar-refractivity contribution in [1.29, 1.82) is 0 Å². The first-order valence-electron chi connectivity index (χ1n) is 6.43. The maximum Gasteiger partial charge on any atom is 0.401 e. The fraction of sp³-hybridized carbons (Fsp3) is 1.00. The van der Waals surface area contributed by atoms with E-state index in [1.807, 2.05) is 6.92 Å². The molecule has 1 heterocycles. The Morgan fingerprint density at radius 2 is 2.12 bits per heavy atom. The van der Waals surface area contributed by atoms with Gasteiger partial charge in [-0.15, -0.1) is 0 Å². The van der Waals surface area contributed by atoms with Crippen molar-refractivity contribution in [3.8, 4) is 0 Å². The van der Waals surface area contributed by atoms with Crippen molar-refractivity contribution < 1.29 is 13.2 Å². The topological polar surface area (TPSA) is 15.3 Å². The normalized spacial score (nSPS) is 24.2. The summed E-state index contributed by atoms with van der Waals surface area (Å²) in [6.45, 7) is 6.38. The Morgan fingerprint density at radius 3 is 2.71 bits per heavy atom. The molecular formula is C12H23F3N2. The number of halogens is 3. The van der Waals surface area contributed by atoms with Gasteiger partial charge in [0.1, 0.15) is 0 Å². The third-order valence-electron chi connectivity index (χ3n) is 3.25. The van der Waals surface area contributed by atoms with Crippen LogP contribution >= 0.6 is 0 Å². The smallest absolute Gasteiger partial charge is 0.306 e. The molecule has 0 saturated carbocycles. The first-order valence-corrected chi connectivity index (χ1v) is 6.43. The van der Waals surface area contributed by atoms with Crippen LogP contribution < -0.4 is 5.32 Å². The van der Waals surface area contributed by atoms with E-state index in [1.165, 1.54) is 0 Å². The minimum atomic E-state index is -4.10. The van der Waals surface area contributed by atoms with Gasteiger partial charge in [0.2, 0.25) is 0 Å². The lowest BCUT2D eigenvalue weighted by atomic mass is 10.00. The highest BCUT2D eigenvalue weighted by molar-refractivity contribution is 4.79. The summed E-state index contributed by atoms with van der Waals surface area (Å²) in [5.74, 6) is 0.553. The van der Waals surface area contributed by atoms with Crippen LogP contribution in [0.3, 0.4) is 0 Å². The van der Waals surface area contributed by atoms with E-state index in [0.29, 0.717) is 5.92 Å². The molecule has 5 heteroatoms. The number of hydrogen-bond acceptors (Lipinski definition) is 2. The molecule has 0 spiro atoms. The van der Waals surface area contributed by atoms with Gasteiger partial charge in [0.05, 0.1) is 6.54 Å². The Morgan fingerprint density at radius 1 is 1.41 bits per heavy atom. The Balaban J connectivity index is 2.17. The molecule has 17 heavy (non-hydrogen) atoms. The van der Waals surface area contributed by atoms with Crippen LogP contribution in [0, 0.1) is 5.92 Å². The van der Waals surface area contributed by atoms with Gasteiger partial charge in [0, 0.05) is 12.6 Å². The zero-order chi connectivity index (χ0) is 12.9. The van der Waals surface area contributed by atoms with Crippen molar-refractivity contribution in [3.05, 3.63) is 0 Å². The molecule has 2 nitrogen and oxygen atoms in total. The molecule has 2 atom stereocenters. The standard InChI is InChI=1S/C12H23F3N2/c1-3-5-17-6-4-11(8-17)7-10(2)16-9-12(13,14)15/h10-11,16H,3-9H2,1-2H3. The van der Waals surface area contributed by atoms with Crippen molar-refractivity contribution in [1.82, 2.24) is 10.2 Å². The molecule has 0 amide bonds. The number of likely N-dealkylation sites (tertiary alicyclic amines) is 1. The summed E-state index contributed by atoms with van der Waals surface area (Å²) in [5.41, 5.74) is 0. The van der Waals surface area contributed by atoms with Crippen LogP contribution in [0.5, 0.6) is 0 Å². The summed E-state index contributed by atoms with van der Waals surface area (Å²) in [5, 5.41) is 2.55. The third kappa shape index (κ3) is 6.27. The number of nitrogens with zero attached hydrogens (tertiary/aromatic N) is 1. The Bertz CT molecular complexity index is 218. The van der Waals surface area contributed by atoms with Gasteiger partial charge in [-0.2, -0.15) is 13.2 Å². The van der Waals surface area contributed by atoms with Crippen molar-refractivity contribution in [2.75, 3.05) is 26.2 Å². The first-order chi connectivity index (χ1) is 7.90. The summed E-state index contributed by atoms with van der Waals surface area (Å²) < 4.78 is 36.1. The lowest BCUT2D eigenvalue weighted by Crippen LogP contribution is -2.36. The lowest BCUT2D eigenvalue weighted by Gasteiger charge is -2.19. The zero-order valence-electron chi connectivity index (χ0n) is 10.7. The van der Waals surface area contributed by atoms with E-state index in [0.717, 1.165) is 38.9 Å². The average Bonchev–Trinajstić information content (AvgIpc) is 2.62. The molecule has 0 aromatic rings. The minimum absolute atomic E-state index is 0.0526. The summed E-state index contributed by atoms with van der Waals surface area (Å²) in [6, 6.07) is -0.0526. The Labute approximate surface area is 102 Å². The molecule has 0 aliphatic carbocycles. The summed E-state index contributed by atoms with van der Waals surface area (Å²) in [6.07, 6.45) is -0.985. The van der Waals surface area contributed by atoms with E-state index in [2.05, 4.69) is 17.1 Å². The van der Waals surface area contributed by atoms with E-state index >= 15 is 0 Å². The van der Waals surface area contributed by atoms with Crippen LogP contribution in [0.1, 0.15) is 33.1 Å². The summed E-state index contributed by atoms with van der Waals surface area (Å²) in [4.78, 5) is 2.40. The van der Waals surface area contributed by atoms with Crippen LogP contribution in [0.15, 0.2) is 0 Å². The Hall–Kier alpha value is -0.290. The molecule has 0 aromatic heterocycles. The van der Waals surface area contributed by atoms with E-state index in [9.17, 15) is 13.2 Å². The molecule has 0 bridgehead atoms. The number of hydrogen-bond donors (Lipinski definition) is 1. The second kappa shape index (κ2) is 6.59. The van der Waals surface area contributed by atoms with Crippen LogP contribution in [0.2, 0.25) is 0 Å². The third-order valence-corrected chi connectivity index (χ3v) is 3.25. The second-order valence-corrected chi connectivity index (χ2v) is 5.09.